The van der Waals surface area contributed by atoms with Gasteiger partial charge in [0.1, 0.15) is 11.7 Å². The lowest BCUT2D eigenvalue weighted by Gasteiger charge is -2.14. The Morgan fingerprint density at radius 2 is 1.96 bits per heavy atom. The number of Topliss-reactive ketones (excluding diaryl/α,β-unsaturated/α-hetero) is 1. The van der Waals surface area contributed by atoms with Crippen LogP contribution in [0.5, 0.6) is 0 Å². The lowest BCUT2D eigenvalue weighted by Crippen LogP contribution is -2.28. The van der Waals surface area contributed by atoms with Crippen LogP contribution >= 0.6 is 0 Å². The summed E-state index contributed by atoms with van der Waals surface area (Å²) in [7, 11) is 0. The van der Waals surface area contributed by atoms with E-state index in [9.17, 15) is 14.9 Å². The minimum atomic E-state index is -0.797. The number of aromatic nitrogens is 1. The zero-order valence-corrected chi connectivity index (χ0v) is 15.1. The molecular weight excluding hydrogens is 328 g/mol. The van der Waals surface area contributed by atoms with Crippen LogP contribution in [0, 0.1) is 17.2 Å². The van der Waals surface area contributed by atoms with Crippen LogP contribution in [0.4, 0.5) is 0 Å². The molecule has 0 aliphatic heterocycles. The summed E-state index contributed by atoms with van der Waals surface area (Å²) in [5.74, 6) is -1.39. The Balaban J connectivity index is 2.21. The van der Waals surface area contributed by atoms with Gasteiger partial charge in [-0.15, -0.1) is 0 Å². The van der Waals surface area contributed by atoms with Gasteiger partial charge in [0.05, 0.1) is 23.9 Å². The van der Waals surface area contributed by atoms with Crippen molar-refractivity contribution in [2.24, 2.45) is 5.92 Å². The molecule has 0 spiro atoms. The average Bonchev–Trinajstić information content (AvgIpc) is 2.67. The second-order valence-corrected chi connectivity index (χ2v) is 5.93. The lowest BCUT2D eigenvalue weighted by molar-refractivity contribution is -0.151. The van der Waals surface area contributed by atoms with Gasteiger partial charge in [-0.25, -0.2) is 0 Å². The average molecular weight is 350 g/mol. The molecule has 26 heavy (non-hydrogen) atoms. The smallest absolute Gasteiger partial charge is 0.316 e. The van der Waals surface area contributed by atoms with Crippen molar-refractivity contribution in [1.82, 2.24) is 4.98 Å². The first kappa shape index (κ1) is 19.3. The zero-order chi connectivity index (χ0) is 18.9. The minimum Gasteiger partial charge on any atom is -0.465 e. The summed E-state index contributed by atoms with van der Waals surface area (Å²) in [6.45, 7) is 3.88. The molecule has 0 bridgehead atoms. The van der Waals surface area contributed by atoms with E-state index in [-0.39, 0.29) is 18.8 Å². The molecule has 0 amide bonds. The lowest BCUT2D eigenvalue weighted by atomic mass is 9.93. The van der Waals surface area contributed by atoms with Gasteiger partial charge in [-0.2, -0.15) is 5.26 Å². The molecule has 0 saturated heterocycles. The first-order valence-corrected chi connectivity index (χ1v) is 8.74. The van der Waals surface area contributed by atoms with E-state index in [0.717, 1.165) is 11.1 Å². The van der Waals surface area contributed by atoms with Crippen LogP contribution in [0.3, 0.4) is 0 Å². The van der Waals surface area contributed by atoms with Gasteiger partial charge in [-0.1, -0.05) is 31.2 Å². The minimum absolute atomic E-state index is 0.107. The number of pyridine rings is 1. The number of carbonyl (C=O) groups is 2. The Morgan fingerprint density at radius 1 is 1.19 bits per heavy atom. The number of hydrogen-bond acceptors (Lipinski definition) is 5. The van der Waals surface area contributed by atoms with Crippen LogP contribution in [-0.2, 0) is 20.7 Å². The maximum absolute atomic E-state index is 12.3. The van der Waals surface area contributed by atoms with Gasteiger partial charge in [0.25, 0.3) is 0 Å². The molecule has 1 aromatic heterocycles. The highest BCUT2D eigenvalue weighted by Gasteiger charge is 2.27. The fourth-order valence-electron chi connectivity index (χ4n) is 2.74. The van der Waals surface area contributed by atoms with Gasteiger partial charge in [0.2, 0.25) is 0 Å². The first-order valence-electron chi connectivity index (χ1n) is 8.74. The van der Waals surface area contributed by atoms with E-state index >= 15 is 0 Å². The summed E-state index contributed by atoms with van der Waals surface area (Å²) in [4.78, 5) is 28.8. The summed E-state index contributed by atoms with van der Waals surface area (Å²) < 4.78 is 5.05. The number of ether oxygens (including phenoxy) is 1. The molecular formula is C21H22N2O3. The normalized spacial score (nSPS) is 11.4. The number of ketones is 1. The molecule has 0 aliphatic carbocycles. The van der Waals surface area contributed by atoms with E-state index in [1.54, 1.807) is 31.3 Å². The van der Waals surface area contributed by atoms with Crippen LogP contribution in [0.25, 0.3) is 11.3 Å². The molecule has 0 N–H and O–H groups in total. The third-order valence-electron chi connectivity index (χ3n) is 4.04. The maximum Gasteiger partial charge on any atom is 0.316 e. The monoisotopic (exact) mass is 350 g/mol. The standard InChI is InChI=1S/C21H22N2O3/c1-3-7-20(24)18(21(25)26-4-2)12-15-10-11-19(23-14-15)17-9-6-5-8-16(17)13-22/h5-6,8-11,14,18H,3-4,7,12H2,1-2H3. The van der Waals surface area contributed by atoms with Crippen LogP contribution in [0.1, 0.15) is 37.8 Å². The van der Waals surface area contributed by atoms with E-state index < -0.39 is 11.9 Å². The molecule has 0 saturated carbocycles. The van der Waals surface area contributed by atoms with Crippen molar-refractivity contribution in [3.05, 3.63) is 53.7 Å². The van der Waals surface area contributed by atoms with E-state index in [4.69, 9.17) is 4.74 Å². The maximum atomic E-state index is 12.3. The fourth-order valence-corrected chi connectivity index (χ4v) is 2.74. The predicted octanol–water partition coefficient (Wildman–Crippen LogP) is 3.71. The molecule has 0 fully saturated rings. The Kier molecular flexibility index (Phi) is 7.04. The molecule has 5 heteroatoms. The van der Waals surface area contributed by atoms with Gasteiger partial charge >= 0.3 is 5.97 Å². The van der Waals surface area contributed by atoms with E-state index in [0.29, 0.717) is 24.1 Å². The van der Waals surface area contributed by atoms with Crippen LogP contribution in [0.2, 0.25) is 0 Å². The highest BCUT2D eigenvalue weighted by atomic mass is 16.5. The van der Waals surface area contributed by atoms with Gasteiger partial charge < -0.3 is 4.74 Å². The van der Waals surface area contributed by atoms with Crippen molar-refractivity contribution < 1.29 is 14.3 Å². The van der Waals surface area contributed by atoms with Crippen LogP contribution in [-0.4, -0.2) is 23.3 Å². The molecule has 1 aromatic carbocycles. The molecule has 2 aromatic rings. The summed E-state index contributed by atoms with van der Waals surface area (Å²) >= 11 is 0. The fraction of sp³-hybridized carbons (Fsp3) is 0.333. The highest BCUT2D eigenvalue weighted by molar-refractivity contribution is 5.99. The topological polar surface area (TPSA) is 80.0 Å². The summed E-state index contributed by atoms with van der Waals surface area (Å²) in [6.07, 6.45) is 2.96. The predicted molar refractivity (Wildman–Crippen MR) is 98.1 cm³/mol. The Hall–Kier alpha value is -3.00. The van der Waals surface area contributed by atoms with E-state index in [2.05, 4.69) is 11.1 Å². The van der Waals surface area contributed by atoms with E-state index in [1.165, 1.54) is 0 Å². The quantitative estimate of drug-likeness (QED) is 0.535. The number of benzene rings is 1. The van der Waals surface area contributed by atoms with Crippen LogP contribution < -0.4 is 0 Å². The Bertz CT molecular complexity index is 789. The van der Waals surface area contributed by atoms with Gasteiger partial charge in [0.15, 0.2) is 0 Å². The van der Waals surface area contributed by atoms with Crippen molar-refractivity contribution >= 4 is 11.8 Å². The molecule has 0 aliphatic rings. The number of carbonyl (C=O) groups excluding carboxylic acids is 2. The summed E-state index contributed by atoms with van der Waals surface area (Å²) in [5, 5.41) is 9.21. The molecule has 0 radical (unpaired) electrons. The SMILES string of the molecule is CCCC(=O)C(Cc1ccc(-c2ccccc2C#N)nc1)C(=O)OCC. The molecule has 134 valence electrons. The number of nitrogens with zero attached hydrogens (tertiary/aromatic N) is 2. The van der Waals surface area contributed by atoms with Crippen molar-refractivity contribution in [3.8, 4) is 17.3 Å². The number of rotatable bonds is 8. The van der Waals surface area contributed by atoms with Crippen molar-refractivity contribution in [2.75, 3.05) is 6.61 Å². The molecule has 1 unspecified atom stereocenters. The van der Waals surface area contributed by atoms with Crippen molar-refractivity contribution in [3.63, 3.8) is 0 Å². The number of hydrogen-bond donors (Lipinski definition) is 0. The largest absolute Gasteiger partial charge is 0.465 e. The molecule has 2 rings (SSSR count). The number of esters is 1. The molecule has 1 atom stereocenters. The van der Waals surface area contributed by atoms with Crippen molar-refractivity contribution in [2.45, 2.75) is 33.1 Å². The zero-order valence-electron chi connectivity index (χ0n) is 15.1. The van der Waals surface area contributed by atoms with Crippen molar-refractivity contribution in [1.29, 1.82) is 5.26 Å². The van der Waals surface area contributed by atoms with E-state index in [1.807, 2.05) is 25.1 Å². The Labute approximate surface area is 153 Å². The third-order valence-corrected chi connectivity index (χ3v) is 4.04. The molecule has 1 heterocycles. The highest BCUT2D eigenvalue weighted by Crippen LogP contribution is 2.22. The van der Waals surface area contributed by atoms with Crippen LogP contribution in [0.15, 0.2) is 42.6 Å². The van der Waals surface area contributed by atoms with Gasteiger partial charge in [0, 0.05) is 18.2 Å². The number of nitriles is 1. The second-order valence-electron chi connectivity index (χ2n) is 5.93. The Morgan fingerprint density at radius 3 is 2.58 bits per heavy atom. The summed E-state index contributed by atoms with van der Waals surface area (Å²) in [6, 6.07) is 13.0. The summed E-state index contributed by atoms with van der Waals surface area (Å²) in [5.41, 5.74) is 2.77. The third kappa shape index (κ3) is 4.76. The van der Waals surface area contributed by atoms with Gasteiger partial charge in [-0.3, -0.25) is 14.6 Å². The second kappa shape index (κ2) is 9.47. The van der Waals surface area contributed by atoms with Gasteiger partial charge in [-0.05, 0) is 37.5 Å². The molecule has 5 nitrogen and oxygen atoms in total. The first-order chi connectivity index (χ1) is 12.6.